The molecule has 2 aromatic rings. The molecule has 0 aromatic heterocycles. The molecule has 7 heteroatoms. The second-order valence-electron chi connectivity index (χ2n) is 7.43. The zero-order valence-corrected chi connectivity index (χ0v) is 16.9. The third kappa shape index (κ3) is 5.37. The van der Waals surface area contributed by atoms with Gasteiger partial charge in [0.1, 0.15) is 13.2 Å². The molecule has 3 N–H and O–H groups in total. The van der Waals surface area contributed by atoms with Crippen molar-refractivity contribution in [3.63, 3.8) is 0 Å². The first-order valence-corrected chi connectivity index (χ1v) is 10.1. The van der Waals surface area contributed by atoms with Crippen molar-refractivity contribution < 1.29 is 24.2 Å². The summed E-state index contributed by atoms with van der Waals surface area (Å²) in [4.78, 5) is 34.6. The molecule has 1 unspecified atom stereocenters. The summed E-state index contributed by atoms with van der Waals surface area (Å²) in [6.07, 6.45) is 0.461. The van der Waals surface area contributed by atoms with Crippen LogP contribution in [0.2, 0.25) is 0 Å². The lowest BCUT2D eigenvalue weighted by atomic mass is 9.98. The average molecular weight is 410 g/mol. The van der Waals surface area contributed by atoms with E-state index in [1.807, 2.05) is 36.4 Å². The lowest BCUT2D eigenvalue weighted by Gasteiger charge is -2.15. The van der Waals surface area contributed by atoms with Gasteiger partial charge in [-0.2, -0.15) is 0 Å². The van der Waals surface area contributed by atoms with Gasteiger partial charge in [-0.3, -0.25) is 9.59 Å². The molecule has 2 amide bonds. The van der Waals surface area contributed by atoms with E-state index in [4.69, 9.17) is 9.84 Å². The normalized spacial score (nSPS) is 13.1. The molecule has 0 saturated heterocycles. The van der Waals surface area contributed by atoms with Crippen LogP contribution in [0.5, 0.6) is 0 Å². The lowest BCUT2D eigenvalue weighted by Crippen LogP contribution is -2.41. The third-order valence-electron chi connectivity index (χ3n) is 5.17. The Morgan fingerprint density at radius 2 is 1.63 bits per heavy atom. The summed E-state index contributed by atoms with van der Waals surface area (Å²) >= 11 is 0. The average Bonchev–Trinajstić information content (AvgIpc) is 3.04. The minimum absolute atomic E-state index is 0.0359. The fourth-order valence-corrected chi connectivity index (χ4v) is 3.76. The Morgan fingerprint density at radius 1 is 1.03 bits per heavy atom. The predicted octanol–water partition coefficient (Wildman–Crippen LogP) is 3.28. The van der Waals surface area contributed by atoms with Gasteiger partial charge in [0, 0.05) is 18.4 Å². The topological polar surface area (TPSA) is 105 Å². The van der Waals surface area contributed by atoms with Crippen molar-refractivity contribution in [3.05, 3.63) is 59.7 Å². The molecular formula is C23H26N2O5. The Morgan fingerprint density at radius 3 is 2.23 bits per heavy atom. The molecule has 0 fully saturated rings. The van der Waals surface area contributed by atoms with E-state index >= 15 is 0 Å². The highest BCUT2D eigenvalue weighted by Crippen LogP contribution is 2.44. The van der Waals surface area contributed by atoms with Gasteiger partial charge < -0.3 is 20.5 Å². The fraction of sp³-hybridized carbons (Fsp3) is 0.348. The van der Waals surface area contributed by atoms with Crippen LogP contribution < -0.4 is 10.6 Å². The van der Waals surface area contributed by atoms with E-state index < -0.39 is 12.1 Å². The molecule has 0 saturated carbocycles. The number of aliphatic carboxylic acids is 1. The number of carboxylic acid groups (broad SMARTS) is 1. The number of amides is 2. The van der Waals surface area contributed by atoms with Crippen LogP contribution in [-0.2, 0) is 14.3 Å². The van der Waals surface area contributed by atoms with E-state index in [0.717, 1.165) is 22.3 Å². The summed E-state index contributed by atoms with van der Waals surface area (Å²) in [5, 5.41) is 13.8. The van der Waals surface area contributed by atoms with E-state index in [2.05, 4.69) is 22.8 Å². The third-order valence-corrected chi connectivity index (χ3v) is 5.17. The van der Waals surface area contributed by atoms with Gasteiger partial charge in [-0.25, -0.2) is 4.79 Å². The maximum absolute atomic E-state index is 12.1. The highest BCUT2D eigenvalue weighted by Gasteiger charge is 2.29. The number of rotatable bonds is 9. The summed E-state index contributed by atoms with van der Waals surface area (Å²) in [7, 11) is 0. The first kappa shape index (κ1) is 21.4. The number of carbonyl (C=O) groups excluding carboxylic acids is 2. The zero-order valence-electron chi connectivity index (χ0n) is 16.9. The molecule has 30 heavy (non-hydrogen) atoms. The molecule has 2 aromatic carbocycles. The van der Waals surface area contributed by atoms with Gasteiger partial charge in [0.25, 0.3) is 0 Å². The van der Waals surface area contributed by atoms with Crippen LogP contribution in [0.1, 0.15) is 43.2 Å². The number of carbonyl (C=O) groups is 3. The second kappa shape index (κ2) is 9.91. The SMILES string of the molecule is CC(CCCC(=O)O)NC(=O)CNC(=O)OCC1c2ccccc2-c2ccccc21. The van der Waals surface area contributed by atoms with E-state index in [0.29, 0.717) is 12.8 Å². The van der Waals surface area contributed by atoms with Crippen molar-refractivity contribution in [2.45, 2.75) is 38.1 Å². The molecule has 0 radical (unpaired) electrons. The molecule has 1 aliphatic carbocycles. The molecule has 158 valence electrons. The first-order chi connectivity index (χ1) is 14.5. The van der Waals surface area contributed by atoms with Crippen molar-refractivity contribution in [1.29, 1.82) is 0 Å². The van der Waals surface area contributed by atoms with E-state index in [1.54, 1.807) is 6.92 Å². The number of nitrogens with one attached hydrogen (secondary N) is 2. The van der Waals surface area contributed by atoms with Gasteiger partial charge in [0.2, 0.25) is 5.91 Å². The second-order valence-corrected chi connectivity index (χ2v) is 7.43. The summed E-state index contributed by atoms with van der Waals surface area (Å²) in [5.74, 6) is -1.23. The maximum atomic E-state index is 12.1. The lowest BCUT2D eigenvalue weighted by molar-refractivity contribution is -0.137. The molecule has 0 spiro atoms. The Hall–Kier alpha value is -3.35. The predicted molar refractivity (Wildman–Crippen MR) is 112 cm³/mol. The van der Waals surface area contributed by atoms with Crippen LogP contribution in [0.25, 0.3) is 11.1 Å². The highest BCUT2D eigenvalue weighted by molar-refractivity contribution is 5.82. The van der Waals surface area contributed by atoms with E-state index in [1.165, 1.54) is 0 Å². The van der Waals surface area contributed by atoms with Crippen molar-refractivity contribution >= 4 is 18.0 Å². The summed E-state index contributed by atoms with van der Waals surface area (Å²) < 4.78 is 5.39. The standard InChI is InChI=1S/C23H26N2O5/c1-15(7-6-12-22(27)28)25-21(26)13-24-23(29)30-14-20-18-10-4-2-8-16(18)17-9-3-5-11-19(17)20/h2-5,8-11,15,20H,6-7,12-14H2,1H3,(H,24,29)(H,25,26)(H,27,28). The molecule has 7 nitrogen and oxygen atoms in total. The molecule has 0 bridgehead atoms. The van der Waals surface area contributed by atoms with E-state index in [-0.39, 0.29) is 37.4 Å². The van der Waals surface area contributed by atoms with Crippen molar-refractivity contribution in [2.75, 3.05) is 13.2 Å². The monoisotopic (exact) mass is 410 g/mol. The number of benzene rings is 2. The number of carboxylic acids is 1. The Balaban J connectivity index is 1.45. The van der Waals surface area contributed by atoms with Crippen LogP contribution in [-0.4, -0.2) is 42.3 Å². The summed E-state index contributed by atoms with van der Waals surface area (Å²) in [5.41, 5.74) is 4.55. The minimum Gasteiger partial charge on any atom is -0.481 e. The molecule has 1 aliphatic rings. The summed E-state index contributed by atoms with van der Waals surface area (Å²) in [6, 6.07) is 16.0. The Labute approximate surface area is 175 Å². The fourth-order valence-electron chi connectivity index (χ4n) is 3.76. The van der Waals surface area contributed by atoms with Gasteiger partial charge in [-0.1, -0.05) is 48.5 Å². The van der Waals surface area contributed by atoms with Gasteiger partial charge >= 0.3 is 12.1 Å². The first-order valence-electron chi connectivity index (χ1n) is 10.1. The van der Waals surface area contributed by atoms with E-state index in [9.17, 15) is 14.4 Å². The Kier molecular flexibility index (Phi) is 7.06. The van der Waals surface area contributed by atoms with Crippen LogP contribution in [0.4, 0.5) is 4.79 Å². The van der Waals surface area contributed by atoms with Gasteiger partial charge in [-0.05, 0) is 42.0 Å². The van der Waals surface area contributed by atoms with Crippen molar-refractivity contribution in [2.24, 2.45) is 0 Å². The number of ether oxygens (including phenoxy) is 1. The van der Waals surface area contributed by atoms with Crippen molar-refractivity contribution in [1.82, 2.24) is 10.6 Å². The largest absolute Gasteiger partial charge is 0.481 e. The quantitative estimate of drug-likeness (QED) is 0.588. The minimum atomic E-state index is -0.856. The van der Waals surface area contributed by atoms with Crippen LogP contribution in [0.3, 0.4) is 0 Å². The smallest absolute Gasteiger partial charge is 0.407 e. The maximum Gasteiger partial charge on any atom is 0.407 e. The number of hydrogen-bond acceptors (Lipinski definition) is 4. The molecular weight excluding hydrogens is 384 g/mol. The molecule has 3 rings (SSSR count). The van der Waals surface area contributed by atoms with Crippen LogP contribution in [0, 0.1) is 0 Å². The number of alkyl carbamates (subject to hydrolysis) is 1. The molecule has 1 atom stereocenters. The van der Waals surface area contributed by atoms with Crippen molar-refractivity contribution in [3.8, 4) is 11.1 Å². The van der Waals surface area contributed by atoms with Gasteiger partial charge in [0.05, 0.1) is 0 Å². The summed E-state index contributed by atoms with van der Waals surface area (Å²) in [6.45, 7) is 1.79. The Bertz CT molecular complexity index is 882. The molecule has 0 aliphatic heterocycles. The van der Waals surface area contributed by atoms with Gasteiger partial charge in [-0.15, -0.1) is 0 Å². The number of fused-ring (bicyclic) bond motifs is 3. The number of hydrogen-bond donors (Lipinski definition) is 3. The van der Waals surface area contributed by atoms with Crippen LogP contribution in [0.15, 0.2) is 48.5 Å². The highest BCUT2D eigenvalue weighted by atomic mass is 16.5. The van der Waals surface area contributed by atoms with Crippen LogP contribution >= 0.6 is 0 Å². The molecule has 0 heterocycles. The zero-order chi connectivity index (χ0) is 21.5. The van der Waals surface area contributed by atoms with Gasteiger partial charge in [0.15, 0.2) is 0 Å².